The number of allylic oxidation sites excluding steroid dienone is 2. The van der Waals surface area contributed by atoms with Crippen LogP contribution >= 0.6 is 0 Å². The van der Waals surface area contributed by atoms with E-state index in [9.17, 15) is 0 Å². The van der Waals surface area contributed by atoms with Crippen molar-refractivity contribution in [3.8, 4) is 84.8 Å². The summed E-state index contributed by atoms with van der Waals surface area (Å²) in [5.41, 5.74) is 16.6. The van der Waals surface area contributed by atoms with Gasteiger partial charge >= 0.3 is 0 Å². The van der Waals surface area contributed by atoms with Crippen LogP contribution in [0.25, 0.3) is 90.0 Å². The van der Waals surface area contributed by atoms with Crippen LogP contribution in [-0.2, 0) is 5.41 Å². The van der Waals surface area contributed by atoms with E-state index in [1.54, 1.807) is 0 Å². The second-order valence-electron chi connectivity index (χ2n) is 17.4. The fourth-order valence-electron chi connectivity index (χ4n) is 11.1. The smallest absolute Gasteiger partial charge is 0.164 e. The molecule has 0 fully saturated rings. The number of fused-ring (bicyclic) bond motifs is 14. The molecule has 0 saturated heterocycles. The minimum atomic E-state index is -0.646. The van der Waals surface area contributed by atoms with Crippen molar-refractivity contribution < 1.29 is 4.74 Å². The lowest BCUT2D eigenvalue weighted by Gasteiger charge is -2.30. The van der Waals surface area contributed by atoms with Crippen molar-refractivity contribution in [3.05, 3.63) is 240 Å². The van der Waals surface area contributed by atoms with Gasteiger partial charge in [-0.2, -0.15) is 0 Å². The molecule has 0 saturated carbocycles. The summed E-state index contributed by atoms with van der Waals surface area (Å²) in [6.45, 7) is 0. The number of rotatable bonds is 5. The summed E-state index contributed by atoms with van der Waals surface area (Å²) in [6.07, 6.45) is 8.53. The average Bonchev–Trinajstić information content (AvgIpc) is 4.03. The largest absolute Gasteiger partial charge is 0.484 e. The normalized spacial score (nSPS) is 17.8. The van der Waals surface area contributed by atoms with Gasteiger partial charge in [-0.25, -0.2) is 24.9 Å². The van der Waals surface area contributed by atoms with Crippen LogP contribution in [-0.4, -0.2) is 31.0 Å². The van der Waals surface area contributed by atoms with Crippen LogP contribution in [0.4, 0.5) is 0 Å². The molecule has 14 rings (SSSR count). The highest BCUT2D eigenvalue weighted by molar-refractivity contribution is 6.01. The maximum Gasteiger partial charge on any atom is 0.164 e. The van der Waals surface area contributed by atoms with Gasteiger partial charge in [0.15, 0.2) is 23.3 Å². The number of hydrogen-bond donors (Lipinski definition) is 0. The van der Waals surface area contributed by atoms with Crippen molar-refractivity contribution >= 4 is 10.9 Å². The lowest BCUT2D eigenvalue weighted by Crippen LogP contribution is -2.26. The molecule has 0 N–H and O–H groups in total. The standard InChI is InChI=1S/C60H37N5O/c1-3-17-36(18-4-1)56-63-57(37-19-5-2-6-20-37)65-58(64-56)38-33-34-40-39-21-7-11-28-47(39)60(50(40)35-38)48-29-12-8-23-43(48)53-45(26-16-30-49(53)60)59-61-51-31-13-9-24-44(51)54(62-59)46-27-15-25-42-41-22-10-14-32-52(41)66-55(42)46/h1-35,41,52H. The Bertz CT molecular complexity index is 3650. The van der Waals surface area contributed by atoms with Crippen LogP contribution in [0.1, 0.15) is 33.7 Å². The summed E-state index contributed by atoms with van der Waals surface area (Å²) in [6, 6.07) is 66.3. The van der Waals surface area contributed by atoms with Crippen molar-refractivity contribution in [1.82, 2.24) is 24.9 Å². The van der Waals surface area contributed by atoms with E-state index >= 15 is 0 Å². The van der Waals surface area contributed by atoms with Crippen molar-refractivity contribution in [3.63, 3.8) is 0 Å². The van der Waals surface area contributed by atoms with E-state index in [1.165, 1.54) is 44.5 Å². The molecular formula is C60H37N5O. The van der Waals surface area contributed by atoms with E-state index in [0.29, 0.717) is 23.3 Å². The molecule has 1 spiro atoms. The third-order valence-electron chi connectivity index (χ3n) is 13.9. The highest BCUT2D eigenvalue weighted by Crippen LogP contribution is 2.64. The van der Waals surface area contributed by atoms with Gasteiger partial charge in [-0.05, 0) is 68.8 Å². The van der Waals surface area contributed by atoms with Crippen LogP contribution in [0, 0.1) is 0 Å². The molecule has 10 aromatic rings. The van der Waals surface area contributed by atoms with Gasteiger partial charge in [0.05, 0.1) is 16.6 Å². The average molecular weight is 844 g/mol. The van der Waals surface area contributed by atoms with Crippen LogP contribution in [0.3, 0.4) is 0 Å². The molecule has 66 heavy (non-hydrogen) atoms. The fraction of sp³-hybridized carbons (Fsp3) is 0.0500. The predicted octanol–water partition coefficient (Wildman–Crippen LogP) is 13.5. The Morgan fingerprint density at radius 3 is 1.77 bits per heavy atom. The Morgan fingerprint density at radius 1 is 0.394 bits per heavy atom. The van der Waals surface area contributed by atoms with Gasteiger partial charge in [0.2, 0.25) is 0 Å². The van der Waals surface area contributed by atoms with Gasteiger partial charge < -0.3 is 4.74 Å². The third kappa shape index (κ3) is 5.27. The SMILES string of the molecule is C1=CC2Oc3c(-c4nc(-c5cccc6c5-c5ccccc5C65c6ccccc6-c6ccc(-c7nc(-c8ccccc8)nc(-c8ccccc8)n7)cc65)nc5ccccc45)cccc3C2C=C1. The van der Waals surface area contributed by atoms with Crippen LogP contribution in [0.2, 0.25) is 0 Å². The molecule has 1 aliphatic heterocycles. The number of aromatic nitrogens is 5. The molecule has 0 radical (unpaired) electrons. The molecule has 2 aromatic heterocycles. The van der Waals surface area contributed by atoms with E-state index in [4.69, 9.17) is 29.7 Å². The molecule has 6 nitrogen and oxygen atoms in total. The van der Waals surface area contributed by atoms with Gasteiger partial charge in [0.25, 0.3) is 0 Å². The molecule has 0 amide bonds. The van der Waals surface area contributed by atoms with E-state index < -0.39 is 5.41 Å². The van der Waals surface area contributed by atoms with E-state index in [-0.39, 0.29) is 12.0 Å². The summed E-state index contributed by atoms with van der Waals surface area (Å²) in [4.78, 5) is 26.3. The van der Waals surface area contributed by atoms with Gasteiger partial charge in [0, 0.05) is 44.7 Å². The quantitative estimate of drug-likeness (QED) is 0.172. The molecule has 3 aliphatic carbocycles. The second-order valence-corrected chi connectivity index (χ2v) is 17.4. The predicted molar refractivity (Wildman–Crippen MR) is 262 cm³/mol. The van der Waals surface area contributed by atoms with Crippen molar-refractivity contribution in [1.29, 1.82) is 0 Å². The fourth-order valence-corrected chi connectivity index (χ4v) is 11.1. The summed E-state index contributed by atoms with van der Waals surface area (Å²) in [5, 5.41) is 0.985. The number of para-hydroxylation sites is 2. The van der Waals surface area contributed by atoms with Gasteiger partial charge in [0.1, 0.15) is 11.9 Å². The summed E-state index contributed by atoms with van der Waals surface area (Å²) >= 11 is 0. The van der Waals surface area contributed by atoms with Gasteiger partial charge in [-0.1, -0.05) is 188 Å². The first-order valence-corrected chi connectivity index (χ1v) is 22.5. The van der Waals surface area contributed by atoms with Crippen LogP contribution in [0.5, 0.6) is 5.75 Å². The van der Waals surface area contributed by atoms with Gasteiger partial charge in [-0.3, -0.25) is 0 Å². The number of ether oxygens (including phenoxy) is 1. The summed E-state index contributed by atoms with van der Waals surface area (Å²) in [5.74, 6) is 3.62. The number of hydrogen-bond acceptors (Lipinski definition) is 6. The molecule has 3 atom stereocenters. The molecule has 0 bridgehead atoms. The van der Waals surface area contributed by atoms with Crippen molar-refractivity contribution in [2.45, 2.75) is 17.4 Å². The molecule has 6 heteroatoms. The van der Waals surface area contributed by atoms with Crippen molar-refractivity contribution in [2.24, 2.45) is 0 Å². The zero-order valence-electron chi connectivity index (χ0n) is 35.5. The summed E-state index contributed by atoms with van der Waals surface area (Å²) < 4.78 is 6.73. The van der Waals surface area contributed by atoms with Crippen LogP contribution < -0.4 is 4.74 Å². The van der Waals surface area contributed by atoms with E-state index in [0.717, 1.165) is 55.7 Å². The first-order chi connectivity index (χ1) is 32.7. The highest BCUT2D eigenvalue weighted by atomic mass is 16.5. The Balaban J connectivity index is 0.994. The lowest BCUT2D eigenvalue weighted by molar-refractivity contribution is 0.270. The monoisotopic (exact) mass is 843 g/mol. The topological polar surface area (TPSA) is 73.7 Å². The van der Waals surface area contributed by atoms with Gasteiger partial charge in [-0.15, -0.1) is 0 Å². The first-order valence-electron chi connectivity index (χ1n) is 22.5. The molecule has 308 valence electrons. The zero-order chi connectivity index (χ0) is 43.3. The van der Waals surface area contributed by atoms with E-state index in [2.05, 4.69) is 176 Å². The molecule has 3 heterocycles. The summed E-state index contributed by atoms with van der Waals surface area (Å²) in [7, 11) is 0. The first kappa shape index (κ1) is 36.8. The number of benzene rings is 8. The third-order valence-corrected chi connectivity index (χ3v) is 13.9. The van der Waals surface area contributed by atoms with E-state index in [1.807, 2.05) is 36.4 Å². The molecule has 3 unspecified atom stereocenters. The second kappa shape index (κ2) is 14.2. The Kier molecular flexibility index (Phi) is 7.92. The minimum absolute atomic E-state index is 0.0385. The zero-order valence-corrected chi connectivity index (χ0v) is 35.5. The minimum Gasteiger partial charge on any atom is -0.484 e. The molecule has 4 aliphatic rings. The van der Waals surface area contributed by atoms with Crippen LogP contribution in [0.15, 0.2) is 212 Å². The Labute approximate surface area is 381 Å². The van der Waals surface area contributed by atoms with Crippen molar-refractivity contribution in [2.75, 3.05) is 0 Å². The Hall–Kier alpha value is -8.61. The lowest BCUT2D eigenvalue weighted by atomic mass is 9.70. The molecule has 8 aromatic carbocycles. The maximum absolute atomic E-state index is 6.73. The highest BCUT2D eigenvalue weighted by Gasteiger charge is 2.52. The number of nitrogens with zero attached hydrogens (tertiary/aromatic N) is 5. The maximum atomic E-state index is 6.73. The molecular weight excluding hydrogens is 807 g/mol. The Morgan fingerprint density at radius 2 is 0.985 bits per heavy atom.